The van der Waals surface area contributed by atoms with E-state index in [-0.39, 0.29) is 19.0 Å². The van der Waals surface area contributed by atoms with Crippen LogP contribution in [0.5, 0.6) is 0 Å². The molecule has 8 heteroatoms. The Morgan fingerprint density at radius 3 is 2.21 bits per heavy atom. The van der Waals surface area contributed by atoms with Crippen LogP contribution in [-0.2, 0) is 0 Å². The summed E-state index contributed by atoms with van der Waals surface area (Å²) in [6, 6.07) is 16.2. The topological polar surface area (TPSA) is 128 Å². The highest BCUT2D eigenvalue weighted by Crippen LogP contribution is 2.23. The molecule has 0 saturated heterocycles. The highest BCUT2D eigenvalue weighted by molar-refractivity contribution is 6.00. The molecule has 3 amide bonds. The van der Waals surface area contributed by atoms with Crippen LogP contribution in [0.4, 0.5) is 9.59 Å². The highest BCUT2D eigenvalue weighted by Gasteiger charge is 2.16. The Balaban J connectivity index is 2.00. The zero-order valence-corrected chi connectivity index (χ0v) is 15.2. The fourth-order valence-electron chi connectivity index (χ4n) is 2.81. The molecule has 2 aromatic carbocycles. The first-order valence-electron chi connectivity index (χ1n) is 8.86. The average Bonchev–Trinajstić information content (AvgIpc) is 2.69. The van der Waals surface area contributed by atoms with Crippen molar-refractivity contribution in [3.8, 4) is 11.1 Å². The molecule has 0 heterocycles. The number of carbonyl (C=O) groups is 3. The predicted octanol–water partition coefficient (Wildman–Crippen LogP) is 2.77. The molecule has 0 aliphatic rings. The molecule has 0 aromatic heterocycles. The van der Waals surface area contributed by atoms with Gasteiger partial charge in [-0.25, -0.2) is 9.59 Å². The van der Waals surface area contributed by atoms with Gasteiger partial charge in [0.1, 0.15) is 0 Å². The van der Waals surface area contributed by atoms with Crippen molar-refractivity contribution < 1.29 is 24.6 Å². The maximum Gasteiger partial charge on any atom is 0.404 e. The second-order valence-corrected chi connectivity index (χ2v) is 6.14. The Kier molecular flexibility index (Phi) is 7.83. The molecule has 2 rings (SSSR count). The van der Waals surface area contributed by atoms with Gasteiger partial charge in [0.25, 0.3) is 5.91 Å². The van der Waals surface area contributed by atoms with Gasteiger partial charge in [-0.1, -0.05) is 48.5 Å². The lowest BCUT2D eigenvalue weighted by Crippen LogP contribution is -2.43. The molecular weight excluding hydrogens is 362 g/mol. The summed E-state index contributed by atoms with van der Waals surface area (Å²) in [6.45, 7) is 0.305. The number of rotatable bonds is 9. The highest BCUT2D eigenvalue weighted by atomic mass is 16.4. The molecular formula is C20H23N3O5. The maximum atomic E-state index is 12.7. The lowest BCUT2D eigenvalue weighted by molar-refractivity contribution is 0.0948. The second kappa shape index (κ2) is 10.6. The van der Waals surface area contributed by atoms with Crippen LogP contribution in [0.25, 0.3) is 11.1 Å². The molecule has 8 nitrogen and oxygen atoms in total. The second-order valence-electron chi connectivity index (χ2n) is 6.14. The molecule has 0 radical (unpaired) electrons. The van der Waals surface area contributed by atoms with E-state index in [1.54, 1.807) is 12.1 Å². The fourth-order valence-corrected chi connectivity index (χ4v) is 2.81. The number of benzene rings is 2. The van der Waals surface area contributed by atoms with Crippen LogP contribution in [0.15, 0.2) is 54.6 Å². The van der Waals surface area contributed by atoms with Crippen molar-refractivity contribution in [2.45, 2.75) is 18.9 Å². The minimum Gasteiger partial charge on any atom is -0.465 e. The molecule has 148 valence electrons. The smallest absolute Gasteiger partial charge is 0.404 e. The van der Waals surface area contributed by atoms with E-state index >= 15 is 0 Å². The molecule has 0 bridgehead atoms. The van der Waals surface area contributed by atoms with Crippen molar-refractivity contribution in [3.05, 3.63) is 60.2 Å². The molecule has 0 aliphatic heterocycles. The van der Waals surface area contributed by atoms with E-state index in [0.717, 1.165) is 11.1 Å². The van der Waals surface area contributed by atoms with Crippen molar-refractivity contribution >= 4 is 18.1 Å². The number of nitrogens with one attached hydrogen (secondary N) is 3. The van der Waals surface area contributed by atoms with Crippen molar-refractivity contribution in [3.63, 3.8) is 0 Å². The van der Waals surface area contributed by atoms with Gasteiger partial charge in [-0.05, 0) is 30.0 Å². The third-order valence-electron chi connectivity index (χ3n) is 4.10. The van der Waals surface area contributed by atoms with Gasteiger partial charge in [-0.3, -0.25) is 4.79 Å². The number of carbonyl (C=O) groups excluding carboxylic acids is 1. The molecule has 0 fully saturated rings. The Bertz CT molecular complexity index is 810. The van der Waals surface area contributed by atoms with Crippen molar-refractivity contribution in [2.75, 3.05) is 13.1 Å². The van der Waals surface area contributed by atoms with E-state index in [1.807, 2.05) is 42.5 Å². The van der Waals surface area contributed by atoms with Gasteiger partial charge >= 0.3 is 12.2 Å². The van der Waals surface area contributed by atoms with Crippen LogP contribution in [-0.4, -0.2) is 47.4 Å². The Hall–Kier alpha value is -3.55. The summed E-state index contributed by atoms with van der Waals surface area (Å²) in [4.78, 5) is 34.1. The van der Waals surface area contributed by atoms with Gasteiger partial charge in [0.05, 0.1) is 0 Å². The Morgan fingerprint density at radius 2 is 1.54 bits per heavy atom. The molecule has 0 spiro atoms. The van der Waals surface area contributed by atoms with Crippen LogP contribution >= 0.6 is 0 Å². The summed E-state index contributed by atoms with van der Waals surface area (Å²) < 4.78 is 0. The van der Waals surface area contributed by atoms with Crippen LogP contribution in [0.1, 0.15) is 23.2 Å². The lowest BCUT2D eigenvalue weighted by atomic mass is 9.99. The van der Waals surface area contributed by atoms with Gasteiger partial charge in [-0.2, -0.15) is 0 Å². The minimum absolute atomic E-state index is 0.0985. The predicted molar refractivity (Wildman–Crippen MR) is 104 cm³/mol. The Labute approximate surface area is 162 Å². The molecule has 1 atom stereocenters. The average molecular weight is 385 g/mol. The third kappa shape index (κ3) is 6.64. The molecule has 0 aliphatic carbocycles. The largest absolute Gasteiger partial charge is 0.465 e. The van der Waals surface area contributed by atoms with Gasteiger partial charge < -0.3 is 26.2 Å². The minimum atomic E-state index is -1.20. The number of hydrogen-bond donors (Lipinski definition) is 5. The quantitative estimate of drug-likeness (QED) is 0.424. The van der Waals surface area contributed by atoms with Gasteiger partial charge in [0.2, 0.25) is 0 Å². The first-order valence-corrected chi connectivity index (χ1v) is 8.86. The first kappa shape index (κ1) is 20.8. The summed E-state index contributed by atoms with van der Waals surface area (Å²) in [5, 5.41) is 24.9. The molecule has 5 N–H and O–H groups in total. The van der Waals surface area contributed by atoms with E-state index in [4.69, 9.17) is 10.2 Å². The fraction of sp³-hybridized carbons (Fsp3) is 0.250. The van der Waals surface area contributed by atoms with E-state index in [0.29, 0.717) is 18.4 Å². The summed E-state index contributed by atoms with van der Waals surface area (Å²) in [5.41, 5.74) is 2.19. The van der Waals surface area contributed by atoms with E-state index < -0.39 is 18.2 Å². The third-order valence-corrected chi connectivity index (χ3v) is 4.10. The molecule has 2 aromatic rings. The van der Waals surface area contributed by atoms with E-state index in [2.05, 4.69) is 16.0 Å². The van der Waals surface area contributed by atoms with Crippen LogP contribution in [0.2, 0.25) is 0 Å². The molecule has 0 unspecified atom stereocenters. The van der Waals surface area contributed by atoms with Crippen LogP contribution < -0.4 is 16.0 Å². The van der Waals surface area contributed by atoms with E-state index in [1.165, 1.54) is 0 Å². The van der Waals surface area contributed by atoms with Crippen molar-refractivity contribution in [2.24, 2.45) is 0 Å². The van der Waals surface area contributed by atoms with Crippen LogP contribution in [0, 0.1) is 0 Å². The summed E-state index contributed by atoms with van der Waals surface area (Å²) in [5.74, 6) is -0.305. The standard InChI is InChI=1S/C20H23N3O5/c24-18(17-11-5-4-10-16(17)14-7-2-1-3-8-14)22-13-15(23-20(27)28)9-6-12-21-19(25)26/h1-5,7-8,10-11,15,21,23H,6,9,12-13H2,(H,22,24)(H,25,26)(H,27,28)/t15-/m0/s1. The normalized spacial score (nSPS) is 11.3. The maximum absolute atomic E-state index is 12.7. The zero-order valence-electron chi connectivity index (χ0n) is 15.2. The van der Waals surface area contributed by atoms with Crippen molar-refractivity contribution in [1.82, 2.24) is 16.0 Å². The van der Waals surface area contributed by atoms with Gasteiger partial charge in [0.15, 0.2) is 0 Å². The zero-order chi connectivity index (χ0) is 20.4. The number of hydrogen-bond acceptors (Lipinski definition) is 3. The molecule has 28 heavy (non-hydrogen) atoms. The SMILES string of the molecule is O=C(O)NCCC[C@@H](CNC(=O)c1ccccc1-c1ccccc1)NC(=O)O. The summed E-state index contributed by atoms with van der Waals surface area (Å²) in [7, 11) is 0. The van der Waals surface area contributed by atoms with Crippen LogP contribution in [0.3, 0.4) is 0 Å². The van der Waals surface area contributed by atoms with Gasteiger partial charge in [0, 0.05) is 24.7 Å². The van der Waals surface area contributed by atoms with E-state index in [9.17, 15) is 14.4 Å². The van der Waals surface area contributed by atoms with Crippen molar-refractivity contribution in [1.29, 1.82) is 0 Å². The first-order chi connectivity index (χ1) is 13.5. The number of carboxylic acid groups (broad SMARTS) is 2. The molecule has 0 saturated carbocycles. The number of amides is 3. The lowest BCUT2D eigenvalue weighted by Gasteiger charge is -2.18. The Morgan fingerprint density at radius 1 is 0.857 bits per heavy atom. The summed E-state index contributed by atoms with van der Waals surface area (Å²) >= 11 is 0. The van der Waals surface area contributed by atoms with Gasteiger partial charge in [-0.15, -0.1) is 0 Å². The summed E-state index contributed by atoms with van der Waals surface area (Å²) in [6.07, 6.45) is -1.51. The monoisotopic (exact) mass is 385 g/mol.